The molecule has 5 heteroatoms. The molecular formula is C10H6BrF2NO. The third-order valence-corrected chi connectivity index (χ3v) is 2.71. The highest BCUT2D eigenvalue weighted by atomic mass is 79.9. The summed E-state index contributed by atoms with van der Waals surface area (Å²) < 4.78 is 25.6. The van der Waals surface area contributed by atoms with E-state index in [0.29, 0.717) is 15.4 Å². The summed E-state index contributed by atoms with van der Waals surface area (Å²) in [6.07, 6.45) is -2.77. The van der Waals surface area contributed by atoms with Crippen LogP contribution in [0.15, 0.2) is 28.7 Å². The van der Waals surface area contributed by atoms with Crippen molar-refractivity contribution in [2.24, 2.45) is 0 Å². The molecule has 0 atom stereocenters. The van der Waals surface area contributed by atoms with E-state index in [4.69, 9.17) is 0 Å². The molecule has 1 aromatic carbocycles. The summed E-state index contributed by atoms with van der Waals surface area (Å²) in [5.74, 6) is -0.482. The third-order valence-electron chi connectivity index (χ3n) is 2.02. The highest BCUT2D eigenvalue weighted by Gasteiger charge is 2.16. The number of halogens is 3. The maximum atomic E-state index is 12.4. The summed E-state index contributed by atoms with van der Waals surface area (Å²) in [6.45, 7) is 0. The molecule has 0 bridgehead atoms. The van der Waals surface area contributed by atoms with Gasteiger partial charge in [-0.1, -0.05) is 22.0 Å². The second-order valence-corrected chi connectivity index (χ2v) is 3.85. The lowest BCUT2D eigenvalue weighted by atomic mass is 10.2. The van der Waals surface area contributed by atoms with E-state index in [0.717, 1.165) is 0 Å². The molecule has 0 fully saturated rings. The van der Waals surface area contributed by atoms with Crippen molar-refractivity contribution < 1.29 is 13.9 Å². The Hall–Kier alpha value is -1.23. The summed E-state index contributed by atoms with van der Waals surface area (Å²) in [6, 6.07) is 6.36. The first-order valence-corrected chi connectivity index (χ1v) is 4.95. The van der Waals surface area contributed by atoms with Crippen molar-refractivity contribution in [3.8, 4) is 5.75 Å². The van der Waals surface area contributed by atoms with Crippen LogP contribution >= 0.6 is 15.9 Å². The van der Waals surface area contributed by atoms with E-state index in [1.54, 1.807) is 18.2 Å². The minimum absolute atomic E-state index is 0.428. The molecule has 0 aliphatic rings. The molecule has 2 nitrogen and oxygen atoms in total. The zero-order chi connectivity index (χ0) is 11.0. The molecule has 0 aliphatic heterocycles. The van der Waals surface area contributed by atoms with Gasteiger partial charge in [-0.25, -0.2) is 13.8 Å². The zero-order valence-electron chi connectivity index (χ0n) is 7.42. The number of alkyl halides is 2. The Morgan fingerprint density at radius 3 is 2.73 bits per heavy atom. The molecule has 1 heterocycles. The second-order valence-electron chi connectivity index (χ2n) is 3.00. The molecule has 0 saturated heterocycles. The molecule has 78 valence electrons. The van der Waals surface area contributed by atoms with Crippen LogP contribution in [0.1, 0.15) is 12.1 Å². The number of hydrogen-bond acceptors (Lipinski definition) is 2. The highest BCUT2D eigenvalue weighted by molar-refractivity contribution is 9.10. The number of benzene rings is 1. The number of aromatic nitrogens is 1. The number of nitrogens with zero attached hydrogens (tertiary/aromatic N) is 1. The van der Waals surface area contributed by atoms with Crippen molar-refractivity contribution in [3.63, 3.8) is 0 Å². The van der Waals surface area contributed by atoms with Crippen LogP contribution in [0.4, 0.5) is 8.78 Å². The number of aromatic hydroxyl groups is 1. The zero-order valence-corrected chi connectivity index (χ0v) is 9.00. The first-order chi connectivity index (χ1) is 7.09. The lowest BCUT2D eigenvalue weighted by Gasteiger charge is -2.05. The Bertz CT molecular complexity index is 516. The second kappa shape index (κ2) is 3.73. The lowest BCUT2D eigenvalue weighted by Crippen LogP contribution is -1.92. The summed E-state index contributed by atoms with van der Waals surface area (Å²) in [5, 5.41) is 9.95. The maximum Gasteiger partial charge on any atom is 0.284 e. The number of pyridine rings is 1. The topological polar surface area (TPSA) is 33.1 Å². The minimum atomic E-state index is -2.77. The van der Waals surface area contributed by atoms with Gasteiger partial charge in [0.2, 0.25) is 0 Å². The molecule has 15 heavy (non-hydrogen) atoms. The summed E-state index contributed by atoms with van der Waals surface area (Å²) in [4.78, 5) is 3.71. The largest absolute Gasteiger partial charge is 0.506 e. The van der Waals surface area contributed by atoms with Crippen LogP contribution in [-0.2, 0) is 0 Å². The van der Waals surface area contributed by atoms with Crippen LogP contribution in [0.25, 0.3) is 10.9 Å². The van der Waals surface area contributed by atoms with E-state index >= 15 is 0 Å². The molecule has 0 amide bonds. The fourth-order valence-corrected chi connectivity index (χ4v) is 1.79. The average molecular weight is 274 g/mol. The van der Waals surface area contributed by atoms with Gasteiger partial charge in [0.05, 0.1) is 5.52 Å². The lowest BCUT2D eigenvalue weighted by molar-refractivity contribution is 0.142. The Labute approximate surface area is 92.7 Å². The molecule has 0 unspecified atom stereocenters. The van der Waals surface area contributed by atoms with Gasteiger partial charge in [-0.15, -0.1) is 0 Å². The maximum absolute atomic E-state index is 12.4. The van der Waals surface area contributed by atoms with Crippen LogP contribution in [0, 0.1) is 0 Å². The smallest absolute Gasteiger partial charge is 0.284 e. The fraction of sp³-hybridized carbons (Fsp3) is 0.100. The van der Waals surface area contributed by atoms with Crippen molar-refractivity contribution in [2.75, 3.05) is 0 Å². The highest BCUT2D eigenvalue weighted by Crippen LogP contribution is 2.32. The average Bonchev–Trinajstić information content (AvgIpc) is 2.18. The van der Waals surface area contributed by atoms with E-state index in [2.05, 4.69) is 20.9 Å². The Balaban J connectivity index is 2.76. The minimum Gasteiger partial charge on any atom is -0.506 e. The monoisotopic (exact) mass is 273 g/mol. The Morgan fingerprint density at radius 2 is 2.07 bits per heavy atom. The van der Waals surface area contributed by atoms with Crippen LogP contribution in [0.5, 0.6) is 5.75 Å². The van der Waals surface area contributed by atoms with Gasteiger partial charge < -0.3 is 5.11 Å². The van der Waals surface area contributed by atoms with E-state index in [-0.39, 0.29) is 0 Å². The molecule has 0 radical (unpaired) electrons. The van der Waals surface area contributed by atoms with E-state index < -0.39 is 17.9 Å². The van der Waals surface area contributed by atoms with Crippen molar-refractivity contribution in [2.45, 2.75) is 6.43 Å². The predicted octanol–water partition coefficient (Wildman–Crippen LogP) is 3.64. The molecule has 0 spiro atoms. The molecular weight excluding hydrogens is 268 g/mol. The van der Waals surface area contributed by atoms with Gasteiger partial charge >= 0.3 is 0 Å². The van der Waals surface area contributed by atoms with Crippen LogP contribution in [0.3, 0.4) is 0 Å². The van der Waals surface area contributed by atoms with Crippen LogP contribution in [-0.4, -0.2) is 10.1 Å². The SMILES string of the molecule is Oc1cc2c(Br)cccc2nc1C(F)F. The van der Waals surface area contributed by atoms with Gasteiger partial charge in [-0.2, -0.15) is 0 Å². The molecule has 1 N–H and O–H groups in total. The summed E-state index contributed by atoms with van der Waals surface area (Å²) in [5.41, 5.74) is -0.155. The first-order valence-electron chi connectivity index (χ1n) is 4.16. The normalized spacial score (nSPS) is 11.2. The van der Waals surface area contributed by atoms with Gasteiger partial charge in [0.1, 0.15) is 11.4 Å². The number of hydrogen-bond donors (Lipinski definition) is 1. The van der Waals surface area contributed by atoms with E-state index in [1.165, 1.54) is 6.07 Å². The van der Waals surface area contributed by atoms with Crippen molar-refractivity contribution >= 4 is 26.8 Å². The predicted molar refractivity (Wildman–Crippen MR) is 56.1 cm³/mol. The Morgan fingerprint density at radius 1 is 1.33 bits per heavy atom. The summed E-state index contributed by atoms with van der Waals surface area (Å²) in [7, 11) is 0. The molecule has 0 saturated carbocycles. The molecule has 0 aliphatic carbocycles. The van der Waals surface area contributed by atoms with E-state index in [1.807, 2.05) is 0 Å². The number of rotatable bonds is 1. The van der Waals surface area contributed by atoms with Gasteiger partial charge in [0.25, 0.3) is 6.43 Å². The molecule has 1 aromatic heterocycles. The van der Waals surface area contributed by atoms with Crippen LogP contribution in [0.2, 0.25) is 0 Å². The van der Waals surface area contributed by atoms with Crippen molar-refractivity contribution in [1.29, 1.82) is 0 Å². The third kappa shape index (κ3) is 1.79. The van der Waals surface area contributed by atoms with Crippen molar-refractivity contribution in [1.82, 2.24) is 4.98 Å². The van der Waals surface area contributed by atoms with Crippen LogP contribution < -0.4 is 0 Å². The van der Waals surface area contributed by atoms with E-state index in [9.17, 15) is 13.9 Å². The van der Waals surface area contributed by atoms with Gasteiger partial charge in [0.15, 0.2) is 0 Å². The van der Waals surface area contributed by atoms with Crippen molar-refractivity contribution in [3.05, 3.63) is 34.4 Å². The Kier molecular flexibility index (Phi) is 2.56. The van der Waals surface area contributed by atoms with Gasteiger partial charge in [0, 0.05) is 9.86 Å². The van der Waals surface area contributed by atoms with Gasteiger partial charge in [-0.05, 0) is 18.2 Å². The number of fused-ring (bicyclic) bond motifs is 1. The molecule has 2 rings (SSSR count). The fourth-order valence-electron chi connectivity index (χ4n) is 1.32. The quantitative estimate of drug-likeness (QED) is 0.861. The summed E-state index contributed by atoms with van der Waals surface area (Å²) >= 11 is 3.25. The van der Waals surface area contributed by atoms with Gasteiger partial charge in [-0.3, -0.25) is 0 Å². The standard InChI is InChI=1S/C10H6BrF2NO/c11-6-2-1-3-7-5(6)4-8(15)9(14-7)10(12)13/h1-4,10,15H. The first kappa shape index (κ1) is 10.3. The molecule has 2 aromatic rings.